The lowest BCUT2D eigenvalue weighted by Gasteiger charge is -2.16. The molecule has 78 valence electrons. The second kappa shape index (κ2) is 4.47. The fourth-order valence-electron chi connectivity index (χ4n) is 1.57. The van der Waals surface area contributed by atoms with E-state index in [0.717, 1.165) is 10.6 Å². The van der Waals surface area contributed by atoms with Crippen molar-refractivity contribution in [3.8, 4) is 0 Å². The summed E-state index contributed by atoms with van der Waals surface area (Å²) in [5.41, 5.74) is 6.89. The summed E-state index contributed by atoms with van der Waals surface area (Å²) < 4.78 is 1.99. The second-order valence-electron chi connectivity index (χ2n) is 3.31. The number of rotatable bonds is 3. The van der Waals surface area contributed by atoms with E-state index in [2.05, 4.69) is 4.98 Å². The summed E-state index contributed by atoms with van der Waals surface area (Å²) in [4.78, 5) is 4.02. The van der Waals surface area contributed by atoms with Crippen LogP contribution in [0.1, 0.15) is 11.6 Å². The fourth-order valence-corrected chi connectivity index (χ4v) is 1.69. The summed E-state index contributed by atoms with van der Waals surface area (Å²) in [5.74, 6) is 0. The van der Waals surface area contributed by atoms with Gasteiger partial charge >= 0.3 is 0 Å². The van der Waals surface area contributed by atoms with E-state index in [1.807, 2.05) is 35.0 Å². The van der Waals surface area contributed by atoms with Crippen LogP contribution in [0, 0.1) is 0 Å². The van der Waals surface area contributed by atoms with Crippen molar-refractivity contribution >= 4 is 11.6 Å². The quantitative estimate of drug-likeness (QED) is 0.863. The number of hydrogen-bond donors (Lipinski definition) is 1. The molecule has 0 saturated carbocycles. The van der Waals surface area contributed by atoms with Crippen molar-refractivity contribution in [3.05, 3.63) is 53.6 Å². The Kier molecular flexibility index (Phi) is 3.04. The Bertz CT molecular complexity index is 408. The lowest BCUT2D eigenvalue weighted by atomic mass is 10.1. The zero-order valence-corrected chi connectivity index (χ0v) is 8.93. The molecule has 3 nitrogen and oxygen atoms in total. The van der Waals surface area contributed by atoms with E-state index in [1.165, 1.54) is 0 Å². The molecule has 0 spiro atoms. The number of aromatic nitrogens is 2. The highest BCUT2D eigenvalue weighted by atomic mass is 35.5. The third-order valence-electron chi connectivity index (χ3n) is 2.36. The zero-order valence-electron chi connectivity index (χ0n) is 8.18. The second-order valence-corrected chi connectivity index (χ2v) is 3.75. The topological polar surface area (TPSA) is 43.8 Å². The molecule has 0 radical (unpaired) electrons. The molecule has 4 heteroatoms. The molecule has 15 heavy (non-hydrogen) atoms. The Balaban J connectivity index is 2.31. The largest absolute Gasteiger partial charge is 0.329 e. The van der Waals surface area contributed by atoms with Crippen LogP contribution in [0.15, 0.2) is 43.0 Å². The number of hydrogen-bond acceptors (Lipinski definition) is 2. The average molecular weight is 222 g/mol. The molecule has 1 heterocycles. The minimum Gasteiger partial charge on any atom is -0.329 e. The third kappa shape index (κ3) is 2.19. The molecule has 0 unspecified atom stereocenters. The van der Waals surface area contributed by atoms with Gasteiger partial charge in [-0.25, -0.2) is 4.98 Å². The molecule has 1 aromatic heterocycles. The summed E-state index contributed by atoms with van der Waals surface area (Å²) in [6.07, 6.45) is 5.43. The molecule has 1 aromatic carbocycles. The number of benzene rings is 1. The first kappa shape index (κ1) is 10.2. The lowest BCUT2D eigenvalue weighted by molar-refractivity contribution is 0.594. The standard InChI is InChI=1S/C11H12ClN3/c12-10-3-1-9(2-4-10)11(7-13)15-6-5-14-8-15/h1-6,8,11H,7,13H2/t11-/m1/s1. The van der Waals surface area contributed by atoms with Gasteiger partial charge < -0.3 is 10.3 Å². The van der Waals surface area contributed by atoms with E-state index in [1.54, 1.807) is 12.5 Å². The van der Waals surface area contributed by atoms with Gasteiger partial charge in [-0.1, -0.05) is 23.7 Å². The minimum atomic E-state index is 0.129. The Morgan fingerprint density at radius 2 is 2.07 bits per heavy atom. The Morgan fingerprint density at radius 3 is 2.60 bits per heavy atom. The van der Waals surface area contributed by atoms with Gasteiger partial charge in [0.25, 0.3) is 0 Å². The van der Waals surface area contributed by atoms with Gasteiger partial charge in [-0.15, -0.1) is 0 Å². The lowest BCUT2D eigenvalue weighted by Crippen LogP contribution is -2.19. The van der Waals surface area contributed by atoms with Crippen LogP contribution in [0.3, 0.4) is 0 Å². The number of halogens is 1. The van der Waals surface area contributed by atoms with Crippen molar-refractivity contribution in [2.45, 2.75) is 6.04 Å². The smallest absolute Gasteiger partial charge is 0.0952 e. The van der Waals surface area contributed by atoms with Gasteiger partial charge in [-0.2, -0.15) is 0 Å². The molecular weight excluding hydrogens is 210 g/mol. The van der Waals surface area contributed by atoms with E-state index >= 15 is 0 Å². The zero-order chi connectivity index (χ0) is 10.7. The van der Waals surface area contributed by atoms with E-state index in [-0.39, 0.29) is 6.04 Å². The summed E-state index contributed by atoms with van der Waals surface area (Å²) in [5, 5.41) is 0.736. The van der Waals surface area contributed by atoms with Crippen LogP contribution in [0.2, 0.25) is 5.02 Å². The van der Waals surface area contributed by atoms with Crippen LogP contribution >= 0.6 is 11.6 Å². The SMILES string of the molecule is NC[C@H](c1ccc(Cl)cc1)n1ccnc1. The molecule has 0 amide bonds. The van der Waals surface area contributed by atoms with Crippen molar-refractivity contribution in [2.24, 2.45) is 5.73 Å². The van der Waals surface area contributed by atoms with Crippen molar-refractivity contribution in [3.63, 3.8) is 0 Å². The van der Waals surface area contributed by atoms with Gasteiger partial charge in [0.05, 0.1) is 12.4 Å². The normalized spacial score (nSPS) is 12.7. The van der Waals surface area contributed by atoms with Crippen molar-refractivity contribution < 1.29 is 0 Å². The van der Waals surface area contributed by atoms with Crippen molar-refractivity contribution in [2.75, 3.05) is 6.54 Å². The molecule has 2 N–H and O–H groups in total. The Morgan fingerprint density at radius 1 is 1.33 bits per heavy atom. The first-order valence-electron chi connectivity index (χ1n) is 4.74. The molecular formula is C11H12ClN3. The molecule has 1 atom stereocenters. The van der Waals surface area contributed by atoms with Crippen LogP contribution in [-0.4, -0.2) is 16.1 Å². The van der Waals surface area contributed by atoms with E-state index in [0.29, 0.717) is 6.54 Å². The summed E-state index contributed by atoms with van der Waals surface area (Å²) in [6, 6.07) is 7.84. The summed E-state index contributed by atoms with van der Waals surface area (Å²) >= 11 is 5.83. The molecule has 0 bridgehead atoms. The summed E-state index contributed by atoms with van der Waals surface area (Å²) in [7, 11) is 0. The molecule has 2 aromatic rings. The first-order valence-corrected chi connectivity index (χ1v) is 5.12. The van der Waals surface area contributed by atoms with Gasteiger partial charge in [-0.3, -0.25) is 0 Å². The van der Waals surface area contributed by atoms with Gasteiger partial charge in [0.1, 0.15) is 0 Å². The van der Waals surface area contributed by atoms with Crippen LogP contribution in [0.25, 0.3) is 0 Å². The van der Waals surface area contributed by atoms with E-state index in [4.69, 9.17) is 17.3 Å². The highest BCUT2D eigenvalue weighted by Crippen LogP contribution is 2.19. The predicted octanol–water partition coefficient (Wildman–Crippen LogP) is 2.08. The molecule has 0 aliphatic rings. The molecule has 0 saturated heterocycles. The maximum absolute atomic E-state index is 5.83. The highest BCUT2D eigenvalue weighted by molar-refractivity contribution is 6.30. The van der Waals surface area contributed by atoms with Crippen LogP contribution in [-0.2, 0) is 0 Å². The van der Waals surface area contributed by atoms with Crippen LogP contribution in [0.4, 0.5) is 0 Å². The molecule has 0 aliphatic heterocycles. The maximum atomic E-state index is 5.83. The first-order chi connectivity index (χ1) is 7.31. The Labute approximate surface area is 93.5 Å². The maximum Gasteiger partial charge on any atom is 0.0952 e. The third-order valence-corrected chi connectivity index (χ3v) is 2.61. The van der Waals surface area contributed by atoms with Gasteiger partial charge in [-0.05, 0) is 17.7 Å². The fraction of sp³-hybridized carbons (Fsp3) is 0.182. The van der Waals surface area contributed by atoms with Crippen molar-refractivity contribution in [1.82, 2.24) is 9.55 Å². The summed E-state index contributed by atoms with van der Waals surface area (Å²) in [6.45, 7) is 0.540. The number of nitrogens with zero attached hydrogens (tertiary/aromatic N) is 2. The number of nitrogens with two attached hydrogens (primary N) is 1. The Hall–Kier alpha value is -1.32. The van der Waals surface area contributed by atoms with E-state index in [9.17, 15) is 0 Å². The van der Waals surface area contributed by atoms with Gasteiger partial charge in [0.15, 0.2) is 0 Å². The average Bonchev–Trinajstić information content (AvgIpc) is 2.75. The van der Waals surface area contributed by atoms with Crippen LogP contribution < -0.4 is 5.73 Å². The van der Waals surface area contributed by atoms with Crippen LogP contribution in [0.5, 0.6) is 0 Å². The number of imidazole rings is 1. The highest BCUT2D eigenvalue weighted by Gasteiger charge is 2.10. The minimum absolute atomic E-state index is 0.129. The van der Waals surface area contributed by atoms with Gasteiger partial charge in [0.2, 0.25) is 0 Å². The monoisotopic (exact) mass is 221 g/mol. The predicted molar refractivity (Wildman–Crippen MR) is 60.9 cm³/mol. The van der Waals surface area contributed by atoms with Gasteiger partial charge in [0, 0.05) is 24.0 Å². The van der Waals surface area contributed by atoms with Crippen molar-refractivity contribution in [1.29, 1.82) is 0 Å². The van der Waals surface area contributed by atoms with E-state index < -0.39 is 0 Å². The molecule has 2 rings (SSSR count). The molecule has 0 fully saturated rings. The molecule has 0 aliphatic carbocycles.